The van der Waals surface area contributed by atoms with Crippen molar-refractivity contribution in [3.63, 3.8) is 0 Å². The molecular formula is C9H11N5. The molecule has 2 aromatic heterocycles. The summed E-state index contributed by atoms with van der Waals surface area (Å²) in [5, 5.41) is 9.67. The fourth-order valence-corrected chi connectivity index (χ4v) is 1.12. The van der Waals surface area contributed by atoms with Crippen molar-refractivity contribution < 1.29 is 0 Å². The van der Waals surface area contributed by atoms with Crippen molar-refractivity contribution in [3.05, 3.63) is 36.0 Å². The fraction of sp³-hybridized carbons (Fsp3) is 0.222. The summed E-state index contributed by atoms with van der Waals surface area (Å²) in [6, 6.07) is 3.94. The minimum Gasteiger partial charge on any atom is -0.363 e. The average Bonchev–Trinajstić information content (AvgIpc) is 2.67. The molecule has 0 spiro atoms. The van der Waals surface area contributed by atoms with Crippen LogP contribution in [0.4, 0.5) is 5.82 Å². The third-order valence-corrected chi connectivity index (χ3v) is 1.82. The first-order valence-corrected chi connectivity index (χ1v) is 4.35. The summed E-state index contributed by atoms with van der Waals surface area (Å²) in [5.41, 5.74) is 1.18. The molecule has 0 aliphatic rings. The summed E-state index contributed by atoms with van der Waals surface area (Å²) >= 11 is 0. The van der Waals surface area contributed by atoms with E-state index in [1.807, 2.05) is 19.1 Å². The van der Waals surface area contributed by atoms with Crippen LogP contribution >= 0.6 is 0 Å². The van der Waals surface area contributed by atoms with Crippen molar-refractivity contribution in [1.29, 1.82) is 0 Å². The normalized spacial score (nSPS) is 10.1. The van der Waals surface area contributed by atoms with Gasteiger partial charge < -0.3 is 5.32 Å². The van der Waals surface area contributed by atoms with Gasteiger partial charge in [0.05, 0.1) is 6.54 Å². The van der Waals surface area contributed by atoms with Gasteiger partial charge in [-0.25, -0.2) is 9.97 Å². The highest BCUT2D eigenvalue weighted by atomic mass is 15.2. The summed E-state index contributed by atoms with van der Waals surface area (Å²) in [6.07, 6.45) is 3.26. The maximum absolute atomic E-state index is 4.17. The van der Waals surface area contributed by atoms with Crippen LogP contribution in [0.25, 0.3) is 0 Å². The highest BCUT2D eigenvalue weighted by Gasteiger charge is 1.96. The number of H-pyrrole nitrogens is 1. The van der Waals surface area contributed by atoms with Gasteiger partial charge in [-0.1, -0.05) is 0 Å². The third kappa shape index (κ3) is 2.07. The van der Waals surface area contributed by atoms with E-state index in [1.54, 1.807) is 6.20 Å². The molecule has 72 valence electrons. The van der Waals surface area contributed by atoms with Crippen molar-refractivity contribution in [2.45, 2.75) is 13.5 Å². The van der Waals surface area contributed by atoms with Crippen LogP contribution in [0.5, 0.6) is 0 Å². The maximum atomic E-state index is 4.17. The van der Waals surface area contributed by atoms with E-state index in [2.05, 4.69) is 25.5 Å². The van der Waals surface area contributed by atoms with Crippen molar-refractivity contribution >= 4 is 5.82 Å². The number of rotatable bonds is 3. The minimum atomic E-state index is 0.608. The molecule has 0 radical (unpaired) electrons. The van der Waals surface area contributed by atoms with E-state index in [9.17, 15) is 0 Å². The van der Waals surface area contributed by atoms with Crippen molar-refractivity contribution in [2.24, 2.45) is 0 Å². The minimum absolute atomic E-state index is 0.608. The number of hydrogen-bond donors (Lipinski definition) is 2. The second-order valence-electron chi connectivity index (χ2n) is 3.00. The van der Waals surface area contributed by atoms with Gasteiger partial charge in [0.2, 0.25) is 0 Å². The number of nitrogens with one attached hydrogen (secondary N) is 2. The molecule has 0 aromatic carbocycles. The fourth-order valence-electron chi connectivity index (χ4n) is 1.12. The summed E-state index contributed by atoms with van der Waals surface area (Å²) in [6.45, 7) is 2.64. The van der Waals surface area contributed by atoms with E-state index in [0.717, 1.165) is 11.6 Å². The summed E-state index contributed by atoms with van der Waals surface area (Å²) in [4.78, 5) is 8.16. The monoisotopic (exact) mass is 189 g/mol. The first kappa shape index (κ1) is 8.68. The van der Waals surface area contributed by atoms with E-state index >= 15 is 0 Å². The number of anilines is 1. The molecule has 2 N–H and O–H groups in total. The van der Waals surface area contributed by atoms with E-state index in [0.29, 0.717) is 6.54 Å². The van der Waals surface area contributed by atoms with Gasteiger partial charge in [-0.15, -0.1) is 0 Å². The zero-order valence-corrected chi connectivity index (χ0v) is 7.86. The topological polar surface area (TPSA) is 66.5 Å². The molecule has 0 bridgehead atoms. The Bertz CT molecular complexity index is 395. The van der Waals surface area contributed by atoms with E-state index in [1.165, 1.54) is 11.9 Å². The maximum Gasteiger partial charge on any atom is 0.143 e. The number of aryl methyl sites for hydroxylation is 1. The van der Waals surface area contributed by atoms with Gasteiger partial charge in [0.1, 0.15) is 18.0 Å². The van der Waals surface area contributed by atoms with Gasteiger partial charge in [-0.2, -0.15) is 5.10 Å². The van der Waals surface area contributed by atoms with Crippen LogP contribution in [0.2, 0.25) is 0 Å². The van der Waals surface area contributed by atoms with Crippen LogP contribution in [0.15, 0.2) is 24.7 Å². The molecule has 2 rings (SSSR count). The van der Waals surface area contributed by atoms with Crippen LogP contribution in [0, 0.1) is 6.92 Å². The van der Waals surface area contributed by atoms with Crippen molar-refractivity contribution in [1.82, 2.24) is 20.2 Å². The molecule has 2 heterocycles. The first-order valence-electron chi connectivity index (χ1n) is 4.35. The van der Waals surface area contributed by atoms with Gasteiger partial charge in [-0.3, -0.25) is 5.10 Å². The number of pyridine rings is 1. The Morgan fingerprint density at radius 3 is 3.07 bits per heavy atom. The Hall–Kier alpha value is -1.91. The second kappa shape index (κ2) is 3.87. The van der Waals surface area contributed by atoms with E-state index in [-0.39, 0.29) is 0 Å². The Labute approximate surface area is 81.6 Å². The second-order valence-corrected chi connectivity index (χ2v) is 3.00. The van der Waals surface area contributed by atoms with Gasteiger partial charge in [0.25, 0.3) is 0 Å². The highest BCUT2D eigenvalue weighted by Crippen LogP contribution is 2.05. The number of hydrogen-bond acceptors (Lipinski definition) is 4. The lowest BCUT2D eigenvalue weighted by Gasteiger charge is -2.02. The summed E-state index contributed by atoms with van der Waals surface area (Å²) < 4.78 is 0. The molecule has 0 amide bonds. The molecular weight excluding hydrogens is 178 g/mol. The van der Waals surface area contributed by atoms with E-state index in [4.69, 9.17) is 0 Å². The summed E-state index contributed by atoms with van der Waals surface area (Å²) in [5.74, 6) is 1.65. The van der Waals surface area contributed by atoms with Gasteiger partial charge in [-0.05, 0) is 24.6 Å². The molecule has 0 saturated carbocycles. The number of aromatic nitrogens is 4. The lowest BCUT2D eigenvalue weighted by atomic mass is 10.3. The van der Waals surface area contributed by atoms with Crippen LogP contribution < -0.4 is 5.32 Å². The van der Waals surface area contributed by atoms with Crippen LogP contribution in [0.3, 0.4) is 0 Å². The Kier molecular flexibility index (Phi) is 2.40. The lowest BCUT2D eigenvalue weighted by molar-refractivity contribution is 0.947. The molecule has 0 atom stereocenters. The molecule has 5 heteroatoms. The average molecular weight is 189 g/mol. The molecule has 0 aliphatic carbocycles. The zero-order chi connectivity index (χ0) is 9.80. The first-order chi connectivity index (χ1) is 6.84. The lowest BCUT2D eigenvalue weighted by Crippen LogP contribution is -2.02. The molecule has 0 aliphatic heterocycles. The number of nitrogens with zero attached hydrogens (tertiary/aromatic N) is 3. The smallest absolute Gasteiger partial charge is 0.143 e. The Morgan fingerprint density at radius 1 is 1.43 bits per heavy atom. The van der Waals surface area contributed by atoms with Gasteiger partial charge in [0, 0.05) is 6.20 Å². The van der Waals surface area contributed by atoms with E-state index < -0.39 is 0 Å². The molecule has 0 fully saturated rings. The molecule has 0 unspecified atom stereocenters. The van der Waals surface area contributed by atoms with Crippen LogP contribution in [0.1, 0.15) is 11.4 Å². The quantitative estimate of drug-likeness (QED) is 0.759. The van der Waals surface area contributed by atoms with Crippen molar-refractivity contribution in [3.8, 4) is 0 Å². The van der Waals surface area contributed by atoms with Crippen LogP contribution in [-0.2, 0) is 6.54 Å². The summed E-state index contributed by atoms with van der Waals surface area (Å²) in [7, 11) is 0. The Balaban J connectivity index is 1.98. The molecule has 0 saturated heterocycles. The number of aromatic amines is 1. The standard InChI is InChI=1S/C9H11N5/c1-7-2-3-10-8(4-7)11-5-9-12-6-13-14-9/h2-4,6H,5H2,1H3,(H,10,11)(H,12,13,14). The Morgan fingerprint density at radius 2 is 2.36 bits per heavy atom. The van der Waals surface area contributed by atoms with Crippen LogP contribution in [-0.4, -0.2) is 20.2 Å². The molecule has 2 aromatic rings. The highest BCUT2D eigenvalue weighted by molar-refractivity contribution is 5.36. The SMILES string of the molecule is Cc1ccnc(NCc2ncn[nH]2)c1. The zero-order valence-electron chi connectivity index (χ0n) is 7.86. The third-order valence-electron chi connectivity index (χ3n) is 1.82. The molecule has 5 nitrogen and oxygen atoms in total. The molecule has 14 heavy (non-hydrogen) atoms. The van der Waals surface area contributed by atoms with Crippen molar-refractivity contribution in [2.75, 3.05) is 5.32 Å². The van der Waals surface area contributed by atoms with Gasteiger partial charge in [0.15, 0.2) is 0 Å². The largest absolute Gasteiger partial charge is 0.363 e. The van der Waals surface area contributed by atoms with Gasteiger partial charge >= 0.3 is 0 Å². The predicted molar refractivity (Wildman–Crippen MR) is 52.7 cm³/mol. The predicted octanol–water partition coefficient (Wildman–Crippen LogP) is 1.12.